The molecular formula is C19H21ClN4O. The van der Waals surface area contributed by atoms with E-state index in [-0.39, 0.29) is 0 Å². The predicted molar refractivity (Wildman–Crippen MR) is 98.8 cm³/mol. The fourth-order valence-electron chi connectivity index (χ4n) is 3.30. The van der Waals surface area contributed by atoms with Gasteiger partial charge in [-0.2, -0.15) is 0 Å². The van der Waals surface area contributed by atoms with Crippen LogP contribution in [0.1, 0.15) is 24.1 Å². The maximum atomic E-state index is 6.27. The lowest BCUT2D eigenvalue weighted by Crippen LogP contribution is -2.34. The number of nitrogens with zero attached hydrogens (tertiary/aromatic N) is 3. The molecule has 6 heteroatoms. The van der Waals surface area contributed by atoms with Crippen LogP contribution in [-0.4, -0.2) is 34.2 Å². The molecule has 1 fully saturated rings. The molecule has 2 aromatic carbocycles. The molecule has 0 atom stereocenters. The molecule has 0 aliphatic carbocycles. The molecule has 0 radical (unpaired) electrons. The van der Waals surface area contributed by atoms with Gasteiger partial charge in [0.15, 0.2) is 0 Å². The summed E-state index contributed by atoms with van der Waals surface area (Å²) in [6, 6.07) is 12.8. The van der Waals surface area contributed by atoms with Gasteiger partial charge in [0.1, 0.15) is 0 Å². The van der Waals surface area contributed by atoms with Gasteiger partial charge in [-0.05, 0) is 41.3 Å². The highest BCUT2D eigenvalue weighted by Crippen LogP contribution is 2.24. The Morgan fingerprint density at radius 3 is 2.92 bits per heavy atom. The van der Waals surface area contributed by atoms with Crippen molar-refractivity contribution < 1.29 is 4.74 Å². The summed E-state index contributed by atoms with van der Waals surface area (Å²) in [5.74, 6) is 0. The molecule has 25 heavy (non-hydrogen) atoms. The molecule has 0 bridgehead atoms. The first-order valence-electron chi connectivity index (χ1n) is 8.65. The van der Waals surface area contributed by atoms with E-state index in [1.54, 1.807) is 0 Å². The SMILES string of the molecule is Clc1cc(Cn2cc(CNC3CCOCC3)nn2)c2ccccc2c1. The minimum atomic E-state index is 0.510. The van der Waals surface area contributed by atoms with Gasteiger partial charge >= 0.3 is 0 Å². The van der Waals surface area contributed by atoms with Crippen molar-refractivity contribution in [2.24, 2.45) is 0 Å². The molecule has 1 aliphatic rings. The lowest BCUT2D eigenvalue weighted by atomic mass is 10.0. The Balaban J connectivity index is 1.46. The van der Waals surface area contributed by atoms with Gasteiger partial charge in [-0.3, -0.25) is 0 Å². The molecule has 2 heterocycles. The van der Waals surface area contributed by atoms with Gasteiger partial charge in [0.25, 0.3) is 0 Å². The second-order valence-electron chi connectivity index (χ2n) is 6.46. The number of aromatic nitrogens is 3. The smallest absolute Gasteiger partial charge is 0.0965 e. The number of hydrogen-bond acceptors (Lipinski definition) is 4. The average molecular weight is 357 g/mol. The molecule has 3 aromatic rings. The first-order valence-corrected chi connectivity index (χ1v) is 9.03. The third-order valence-corrected chi connectivity index (χ3v) is 4.84. The summed E-state index contributed by atoms with van der Waals surface area (Å²) in [5, 5.41) is 15.2. The Bertz CT molecular complexity index is 858. The van der Waals surface area contributed by atoms with Crippen LogP contribution in [0.25, 0.3) is 10.8 Å². The zero-order chi connectivity index (χ0) is 17.1. The number of rotatable bonds is 5. The second kappa shape index (κ2) is 7.52. The molecule has 1 aliphatic heterocycles. The topological polar surface area (TPSA) is 52.0 Å². The average Bonchev–Trinajstić information content (AvgIpc) is 3.08. The minimum absolute atomic E-state index is 0.510. The van der Waals surface area contributed by atoms with E-state index in [1.165, 1.54) is 5.39 Å². The quantitative estimate of drug-likeness (QED) is 0.761. The van der Waals surface area contributed by atoms with Gasteiger partial charge in [0, 0.05) is 30.8 Å². The van der Waals surface area contributed by atoms with Crippen molar-refractivity contribution in [1.29, 1.82) is 0 Å². The van der Waals surface area contributed by atoms with Crippen molar-refractivity contribution in [1.82, 2.24) is 20.3 Å². The number of fused-ring (bicyclic) bond motifs is 1. The van der Waals surface area contributed by atoms with Crippen LogP contribution in [0, 0.1) is 0 Å². The first kappa shape index (κ1) is 16.5. The Hall–Kier alpha value is -1.95. The van der Waals surface area contributed by atoms with Crippen molar-refractivity contribution in [3.05, 3.63) is 58.9 Å². The highest BCUT2D eigenvalue weighted by Gasteiger charge is 2.13. The number of benzene rings is 2. The summed E-state index contributed by atoms with van der Waals surface area (Å²) in [4.78, 5) is 0. The van der Waals surface area contributed by atoms with Crippen LogP contribution in [0.4, 0.5) is 0 Å². The summed E-state index contributed by atoms with van der Waals surface area (Å²) < 4.78 is 7.26. The summed E-state index contributed by atoms with van der Waals surface area (Å²) in [6.45, 7) is 3.07. The molecule has 0 spiro atoms. The van der Waals surface area contributed by atoms with Crippen molar-refractivity contribution in [3.63, 3.8) is 0 Å². The summed E-state index contributed by atoms with van der Waals surface area (Å²) in [6.07, 6.45) is 4.12. The van der Waals surface area contributed by atoms with E-state index >= 15 is 0 Å². The molecule has 4 rings (SSSR count). The normalized spacial score (nSPS) is 15.7. The molecule has 0 saturated carbocycles. The van der Waals surface area contributed by atoms with E-state index in [4.69, 9.17) is 16.3 Å². The van der Waals surface area contributed by atoms with Gasteiger partial charge in [-0.1, -0.05) is 41.1 Å². The third-order valence-electron chi connectivity index (χ3n) is 4.62. The maximum absolute atomic E-state index is 6.27. The minimum Gasteiger partial charge on any atom is -0.381 e. The van der Waals surface area contributed by atoms with Crippen LogP contribution >= 0.6 is 11.6 Å². The van der Waals surface area contributed by atoms with E-state index < -0.39 is 0 Å². The van der Waals surface area contributed by atoms with Crippen LogP contribution in [0.2, 0.25) is 5.02 Å². The van der Waals surface area contributed by atoms with Gasteiger partial charge in [0.05, 0.1) is 18.4 Å². The van der Waals surface area contributed by atoms with Crippen molar-refractivity contribution in [2.75, 3.05) is 13.2 Å². The molecule has 1 N–H and O–H groups in total. The van der Waals surface area contributed by atoms with E-state index in [9.17, 15) is 0 Å². The number of nitrogens with one attached hydrogen (secondary N) is 1. The highest BCUT2D eigenvalue weighted by molar-refractivity contribution is 6.31. The van der Waals surface area contributed by atoms with Crippen LogP contribution < -0.4 is 5.32 Å². The monoisotopic (exact) mass is 356 g/mol. The van der Waals surface area contributed by atoms with Crippen molar-refractivity contribution in [2.45, 2.75) is 32.0 Å². The number of halogens is 1. The van der Waals surface area contributed by atoms with Crippen LogP contribution in [0.3, 0.4) is 0 Å². The Morgan fingerprint density at radius 2 is 2.04 bits per heavy atom. The van der Waals surface area contributed by atoms with Crippen LogP contribution in [0.5, 0.6) is 0 Å². The molecule has 1 saturated heterocycles. The van der Waals surface area contributed by atoms with E-state index in [0.717, 1.165) is 54.3 Å². The van der Waals surface area contributed by atoms with Gasteiger partial charge in [0.2, 0.25) is 0 Å². The Labute approximate surface area is 151 Å². The van der Waals surface area contributed by atoms with E-state index in [1.807, 2.05) is 35.1 Å². The standard InChI is InChI=1S/C19H21ClN4O/c20-16-9-14-3-1-2-4-19(14)15(10-16)12-24-13-18(22-23-24)11-21-17-5-7-25-8-6-17/h1-4,9-10,13,17,21H,5-8,11-12H2. The van der Waals surface area contributed by atoms with E-state index in [0.29, 0.717) is 12.6 Å². The molecular weight excluding hydrogens is 336 g/mol. The number of hydrogen-bond donors (Lipinski definition) is 1. The second-order valence-corrected chi connectivity index (χ2v) is 6.90. The van der Waals surface area contributed by atoms with Crippen molar-refractivity contribution >= 4 is 22.4 Å². The van der Waals surface area contributed by atoms with Crippen LogP contribution in [-0.2, 0) is 17.8 Å². The lowest BCUT2D eigenvalue weighted by molar-refractivity contribution is 0.0775. The zero-order valence-corrected chi connectivity index (χ0v) is 14.7. The first-order chi connectivity index (χ1) is 12.3. The fourth-order valence-corrected chi connectivity index (χ4v) is 3.55. The Kier molecular flexibility index (Phi) is 4.97. The Morgan fingerprint density at radius 1 is 1.20 bits per heavy atom. The predicted octanol–water partition coefficient (Wildman–Crippen LogP) is 3.40. The zero-order valence-electron chi connectivity index (χ0n) is 14.0. The van der Waals surface area contributed by atoms with Gasteiger partial charge < -0.3 is 10.1 Å². The van der Waals surface area contributed by atoms with Crippen molar-refractivity contribution in [3.8, 4) is 0 Å². The fraction of sp³-hybridized carbons (Fsp3) is 0.368. The van der Waals surface area contributed by atoms with E-state index in [2.05, 4.69) is 27.8 Å². The maximum Gasteiger partial charge on any atom is 0.0965 e. The van der Waals surface area contributed by atoms with Crippen LogP contribution in [0.15, 0.2) is 42.6 Å². The molecule has 130 valence electrons. The molecule has 5 nitrogen and oxygen atoms in total. The van der Waals surface area contributed by atoms with Gasteiger partial charge in [-0.15, -0.1) is 5.10 Å². The van der Waals surface area contributed by atoms with Gasteiger partial charge in [-0.25, -0.2) is 4.68 Å². The number of ether oxygens (including phenoxy) is 1. The highest BCUT2D eigenvalue weighted by atomic mass is 35.5. The lowest BCUT2D eigenvalue weighted by Gasteiger charge is -2.22. The summed E-state index contributed by atoms with van der Waals surface area (Å²) in [7, 11) is 0. The largest absolute Gasteiger partial charge is 0.381 e. The summed E-state index contributed by atoms with van der Waals surface area (Å²) >= 11 is 6.27. The third kappa shape index (κ3) is 4.00. The molecule has 0 amide bonds. The summed E-state index contributed by atoms with van der Waals surface area (Å²) in [5.41, 5.74) is 2.11. The molecule has 1 aromatic heterocycles. The molecule has 0 unspecified atom stereocenters.